The van der Waals surface area contributed by atoms with Crippen molar-refractivity contribution in [3.8, 4) is 0 Å². The average molecular weight is 297 g/mol. The predicted molar refractivity (Wildman–Crippen MR) is 76.1 cm³/mol. The Labute approximate surface area is 119 Å². The zero-order valence-corrected chi connectivity index (χ0v) is 12.5. The van der Waals surface area contributed by atoms with E-state index in [0.29, 0.717) is 24.2 Å². The lowest BCUT2D eigenvalue weighted by Crippen LogP contribution is -2.46. The maximum Gasteiger partial charge on any atom is 0.254 e. The summed E-state index contributed by atoms with van der Waals surface area (Å²) >= 11 is 0. The standard InChI is InChI=1S/C13H19N3O3S/c1-9-7-10(2)12(20(14,18)19)8-11(9)13(17)16-5-3-15-4-6-16/h7-8,15H,3-6H2,1-2H3,(H2,14,18,19). The molecule has 0 saturated carbocycles. The first-order valence-corrected chi connectivity index (χ1v) is 7.99. The van der Waals surface area contributed by atoms with Gasteiger partial charge in [-0.3, -0.25) is 4.79 Å². The number of nitrogens with two attached hydrogens (primary N) is 1. The molecule has 6 nitrogen and oxygen atoms in total. The molecule has 1 aromatic rings. The van der Waals surface area contributed by atoms with Gasteiger partial charge in [-0.1, -0.05) is 6.07 Å². The van der Waals surface area contributed by atoms with Crippen LogP contribution in [-0.4, -0.2) is 45.4 Å². The van der Waals surface area contributed by atoms with Gasteiger partial charge in [0.2, 0.25) is 10.0 Å². The van der Waals surface area contributed by atoms with Crippen LogP contribution < -0.4 is 10.5 Å². The Kier molecular flexibility index (Phi) is 4.12. The van der Waals surface area contributed by atoms with Crippen molar-refractivity contribution in [3.05, 3.63) is 28.8 Å². The minimum Gasteiger partial charge on any atom is -0.336 e. The number of hydrogen-bond donors (Lipinski definition) is 2. The van der Waals surface area contributed by atoms with E-state index in [-0.39, 0.29) is 10.8 Å². The van der Waals surface area contributed by atoms with Crippen molar-refractivity contribution in [1.82, 2.24) is 10.2 Å². The normalized spacial score (nSPS) is 16.2. The zero-order chi connectivity index (χ0) is 14.9. The SMILES string of the molecule is Cc1cc(C)c(S(N)(=O)=O)cc1C(=O)N1CCNCC1. The van der Waals surface area contributed by atoms with Crippen molar-refractivity contribution in [1.29, 1.82) is 0 Å². The maximum atomic E-state index is 12.5. The highest BCUT2D eigenvalue weighted by molar-refractivity contribution is 7.89. The molecule has 1 saturated heterocycles. The molecule has 0 aromatic heterocycles. The summed E-state index contributed by atoms with van der Waals surface area (Å²) in [6.45, 7) is 6.21. The number of benzene rings is 1. The van der Waals surface area contributed by atoms with Crippen LogP contribution in [-0.2, 0) is 10.0 Å². The topological polar surface area (TPSA) is 92.5 Å². The lowest BCUT2D eigenvalue weighted by atomic mass is 10.0. The first-order chi connectivity index (χ1) is 9.30. The molecule has 0 radical (unpaired) electrons. The van der Waals surface area contributed by atoms with E-state index >= 15 is 0 Å². The number of carbonyl (C=O) groups excluding carboxylic acids is 1. The molecule has 1 heterocycles. The van der Waals surface area contributed by atoms with E-state index in [0.717, 1.165) is 18.7 Å². The van der Waals surface area contributed by atoms with Crippen LogP contribution in [0.5, 0.6) is 0 Å². The van der Waals surface area contributed by atoms with Crippen LogP contribution in [0.15, 0.2) is 17.0 Å². The molecule has 0 aliphatic carbocycles. The first kappa shape index (κ1) is 15.0. The smallest absolute Gasteiger partial charge is 0.254 e. The molecule has 0 unspecified atom stereocenters. The summed E-state index contributed by atoms with van der Waals surface area (Å²) in [6.07, 6.45) is 0. The fraction of sp³-hybridized carbons (Fsp3) is 0.462. The summed E-state index contributed by atoms with van der Waals surface area (Å²) in [4.78, 5) is 14.2. The van der Waals surface area contributed by atoms with Crippen LogP contribution in [0.25, 0.3) is 0 Å². The number of primary sulfonamides is 1. The van der Waals surface area contributed by atoms with Crippen molar-refractivity contribution in [2.24, 2.45) is 5.14 Å². The van der Waals surface area contributed by atoms with E-state index in [2.05, 4.69) is 5.32 Å². The van der Waals surface area contributed by atoms with Crippen LogP contribution in [0.3, 0.4) is 0 Å². The Bertz CT molecular complexity index is 635. The van der Waals surface area contributed by atoms with E-state index in [1.807, 2.05) is 0 Å². The molecule has 0 bridgehead atoms. The van der Waals surface area contributed by atoms with Gasteiger partial charge < -0.3 is 10.2 Å². The molecule has 3 N–H and O–H groups in total. The molecule has 2 rings (SSSR count). The second-order valence-corrected chi connectivity index (χ2v) is 6.55. The highest BCUT2D eigenvalue weighted by atomic mass is 32.2. The first-order valence-electron chi connectivity index (χ1n) is 6.45. The van der Waals surface area contributed by atoms with E-state index in [1.54, 1.807) is 24.8 Å². The highest BCUT2D eigenvalue weighted by Gasteiger charge is 2.22. The minimum atomic E-state index is -3.82. The van der Waals surface area contributed by atoms with Gasteiger partial charge in [-0.25, -0.2) is 13.6 Å². The van der Waals surface area contributed by atoms with E-state index in [9.17, 15) is 13.2 Å². The lowest BCUT2D eigenvalue weighted by molar-refractivity contribution is 0.0735. The quantitative estimate of drug-likeness (QED) is 0.803. The third kappa shape index (κ3) is 3.00. The molecule has 0 atom stereocenters. The molecular formula is C13H19N3O3S. The van der Waals surface area contributed by atoms with Crippen molar-refractivity contribution >= 4 is 15.9 Å². The largest absolute Gasteiger partial charge is 0.336 e. The number of nitrogens with zero attached hydrogens (tertiary/aromatic N) is 1. The zero-order valence-electron chi connectivity index (χ0n) is 11.6. The van der Waals surface area contributed by atoms with Gasteiger partial charge in [-0.15, -0.1) is 0 Å². The number of aryl methyl sites for hydroxylation is 2. The number of hydrogen-bond acceptors (Lipinski definition) is 4. The molecule has 0 spiro atoms. The number of carbonyl (C=O) groups is 1. The van der Waals surface area contributed by atoms with Gasteiger partial charge in [0, 0.05) is 31.7 Å². The Morgan fingerprint density at radius 2 is 1.80 bits per heavy atom. The van der Waals surface area contributed by atoms with E-state index in [4.69, 9.17) is 5.14 Å². The fourth-order valence-corrected chi connectivity index (χ4v) is 3.20. The summed E-state index contributed by atoms with van der Waals surface area (Å²) in [5.41, 5.74) is 1.72. The number of piperazine rings is 1. The second-order valence-electron chi connectivity index (χ2n) is 5.02. The molecule has 1 aliphatic rings. The Morgan fingerprint density at radius 3 is 2.35 bits per heavy atom. The van der Waals surface area contributed by atoms with Crippen LogP contribution in [0.2, 0.25) is 0 Å². The van der Waals surface area contributed by atoms with Gasteiger partial charge in [-0.05, 0) is 31.0 Å². The summed E-state index contributed by atoms with van der Waals surface area (Å²) in [5, 5.41) is 8.36. The fourth-order valence-electron chi connectivity index (χ4n) is 2.41. The summed E-state index contributed by atoms with van der Waals surface area (Å²) in [7, 11) is -3.82. The van der Waals surface area contributed by atoms with Crippen LogP contribution in [0.1, 0.15) is 21.5 Å². The maximum absolute atomic E-state index is 12.5. The molecule has 7 heteroatoms. The van der Waals surface area contributed by atoms with Crippen molar-refractivity contribution in [3.63, 3.8) is 0 Å². The van der Waals surface area contributed by atoms with Gasteiger partial charge in [0.05, 0.1) is 4.90 Å². The lowest BCUT2D eigenvalue weighted by Gasteiger charge is -2.28. The van der Waals surface area contributed by atoms with Crippen LogP contribution >= 0.6 is 0 Å². The third-order valence-corrected chi connectivity index (χ3v) is 4.52. The van der Waals surface area contributed by atoms with Gasteiger partial charge in [0.15, 0.2) is 0 Å². The van der Waals surface area contributed by atoms with E-state index in [1.165, 1.54) is 6.07 Å². The Balaban J connectivity index is 2.43. The summed E-state index contributed by atoms with van der Waals surface area (Å²) < 4.78 is 23.1. The van der Waals surface area contributed by atoms with Gasteiger partial charge in [0.25, 0.3) is 5.91 Å². The number of sulfonamides is 1. The summed E-state index contributed by atoms with van der Waals surface area (Å²) in [5.74, 6) is -0.145. The van der Waals surface area contributed by atoms with Gasteiger partial charge in [0.1, 0.15) is 0 Å². The molecule has 1 amide bonds. The molecule has 110 valence electrons. The van der Waals surface area contributed by atoms with Crippen LogP contribution in [0.4, 0.5) is 0 Å². The Morgan fingerprint density at radius 1 is 1.20 bits per heavy atom. The monoisotopic (exact) mass is 297 g/mol. The molecule has 1 aromatic carbocycles. The molecule has 20 heavy (non-hydrogen) atoms. The Hall–Kier alpha value is -1.44. The molecule has 1 fully saturated rings. The van der Waals surface area contributed by atoms with E-state index < -0.39 is 10.0 Å². The van der Waals surface area contributed by atoms with Crippen molar-refractivity contribution in [2.75, 3.05) is 26.2 Å². The summed E-state index contributed by atoms with van der Waals surface area (Å²) in [6, 6.07) is 3.08. The predicted octanol–water partition coefficient (Wildman–Crippen LogP) is -0.00376. The minimum absolute atomic E-state index is 0.0154. The molecular weight excluding hydrogens is 278 g/mol. The van der Waals surface area contributed by atoms with Gasteiger partial charge in [-0.2, -0.15) is 0 Å². The number of rotatable bonds is 2. The third-order valence-electron chi connectivity index (χ3n) is 3.46. The highest BCUT2D eigenvalue weighted by Crippen LogP contribution is 2.21. The second kappa shape index (κ2) is 5.51. The van der Waals surface area contributed by atoms with Crippen LogP contribution in [0, 0.1) is 13.8 Å². The number of amides is 1. The number of nitrogens with one attached hydrogen (secondary N) is 1. The molecule has 1 aliphatic heterocycles. The van der Waals surface area contributed by atoms with Crippen molar-refractivity contribution < 1.29 is 13.2 Å². The van der Waals surface area contributed by atoms with Gasteiger partial charge >= 0.3 is 0 Å². The average Bonchev–Trinajstić information content (AvgIpc) is 2.37. The van der Waals surface area contributed by atoms with Crippen molar-refractivity contribution in [2.45, 2.75) is 18.7 Å².